The van der Waals surface area contributed by atoms with E-state index in [0.717, 1.165) is 16.5 Å². The largest absolute Gasteiger partial charge is 0.455 e. The van der Waals surface area contributed by atoms with Crippen molar-refractivity contribution >= 4 is 17.2 Å². The molecule has 0 heterocycles. The topological polar surface area (TPSA) is 26.3 Å². The number of hydrogen-bond donors (Lipinski definition) is 0. The summed E-state index contributed by atoms with van der Waals surface area (Å²) < 4.78 is 5.28. The van der Waals surface area contributed by atoms with Gasteiger partial charge in [0.2, 0.25) is 0 Å². The molecular formula is C18H14O2. The molecule has 1 unspecified atom stereocenters. The van der Waals surface area contributed by atoms with Crippen LogP contribution in [0.2, 0.25) is 0 Å². The van der Waals surface area contributed by atoms with Crippen LogP contribution >= 0.6 is 0 Å². The van der Waals surface area contributed by atoms with Gasteiger partial charge in [0.1, 0.15) is 0 Å². The molecule has 0 bridgehead atoms. The Morgan fingerprint density at radius 2 is 1.45 bits per heavy atom. The minimum Gasteiger partial charge on any atom is -0.455 e. The SMILES string of the molecule is O=COC(c1ccccc1)c1ccc2ccccc2c1. The fourth-order valence-corrected chi connectivity index (χ4v) is 2.40. The maximum Gasteiger partial charge on any atom is 0.294 e. The summed E-state index contributed by atoms with van der Waals surface area (Å²) in [6.45, 7) is 0.507. The van der Waals surface area contributed by atoms with Crippen LogP contribution in [0.4, 0.5) is 0 Å². The summed E-state index contributed by atoms with van der Waals surface area (Å²) in [6, 6.07) is 24.0. The van der Waals surface area contributed by atoms with E-state index in [0.29, 0.717) is 6.47 Å². The van der Waals surface area contributed by atoms with Gasteiger partial charge in [0.15, 0.2) is 6.10 Å². The van der Waals surface area contributed by atoms with Crippen LogP contribution in [0.25, 0.3) is 10.8 Å². The molecule has 98 valence electrons. The van der Waals surface area contributed by atoms with Crippen molar-refractivity contribution in [1.29, 1.82) is 0 Å². The van der Waals surface area contributed by atoms with E-state index in [9.17, 15) is 4.79 Å². The Balaban J connectivity index is 2.07. The van der Waals surface area contributed by atoms with Crippen molar-refractivity contribution in [3.63, 3.8) is 0 Å². The van der Waals surface area contributed by atoms with Crippen molar-refractivity contribution in [3.8, 4) is 0 Å². The van der Waals surface area contributed by atoms with E-state index in [4.69, 9.17) is 4.74 Å². The standard InChI is InChI=1S/C18H14O2/c19-13-20-18(15-7-2-1-3-8-15)17-11-10-14-6-4-5-9-16(14)12-17/h1-13,18H. The summed E-state index contributed by atoms with van der Waals surface area (Å²) >= 11 is 0. The van der Waals surface area contributed by atoms with Crippen molar-refractivity contribution < 1.29 is 9.53 Å². The highest BCUT2D eigenvalue weighted by Crippen LogP contribution is 2.28. The molecule has 2 nitrogen and oxygen atoms in total. The molecule has 1 atom stereocenters. The smallest absolute Gasteiger partial charge is 0.294 e. The lowest BCUT2D eigenvalue weighted by Crippen LogP contribution is -2.05. The van der Waals surface area contributed by atoms with Crippen molar-refractivity contribution in [2.24, 2.45) is 0 Å². The van der Waals surface area contributed by atoms with Gasteiger partial charge in [-0.05, 0) is 28.0 Å². The van der Waals surface area contributed by atoms with Gasteiger partial charge in [0, 0.05) is 0 Å². The second-order valence-electron chi connectivity index (χ2n) is 4.63. The molecule has 3 rings (SSSR count). The van der Waals surface area contributed by atoms with Gasteiger partial charge < -0.3 is 4.74 Å². The van der Waals surface area contributed by atoms with Crippen LogP contribution in [0.5, 0.6) is 0 Å². The molecule has 0 fully saturated rings. The number of fused-ring (bicyclic) bond motifs is 1. The molecule has 0 saturated heterocycles. The maximum atomic E-state index is 10.8. The van der Waals surface area contributed by atoms with Crippen LogP contribution in [0.1, 0.15) is 17.2 Å². The average molecular weight is 262 g/mol. The zero-order chi connectivity index (χ0) is 13.8. The van der Waals surface area contributed by atoms with E-state index in [1.165, 1.54) is 5.39 Å². The first-order valence-corrected chi connectivity index (χ1v) is 6.51. The number of carbonyl (C=O) groups is 1. The Morgan fingerprint density at radius 1 is 0.750 bits per heavy atom. The third kappa shape index (κ3) is 2.41. The maximum absolute atomic E-state index is 10.8. The minimum absolute atomic E-state index is 0.363. The fourth-order valence-electron chi connectivity index (χ4n) is 2.40. The van der Waals surface area contributed by atoms with E-state index >= 15 is 0 Å². The van der Waals surface area contributed by atoms with Gasteiger partial charge in [0.25, 0.3) is 6.47 Å². The molecule has 0 saturated carbocycles. The Bertz CT molecular complexity index is 720. The Labute approximate surface area is 117 Å². The minimum atomic E-state index is -0.363. The summed E-state index contributed by atoms with van der Waals surface area (Å²) in [5, 5.41) is 2.31. The zero-order valence-electron chi connectivity index (χ0n) is 10.9. The van der Waals surface area contributed by atoms with E-state index in [1.807, 2.05) is 48.5 Å². The number of carbonyl (C=O) groups excluding carboxylic acids is 1. The number of rotatable bonds is 4. The number of benzene rings is 3. The molecule has 0 N–H and O–H groups in total. The molecule has 0 amide bonds. The Morgan fingerprint density at radius 3 is 2.20 bits per heavy atom. The molecule has 3 aromatic carbocycles. The summed E-state index contributed by atoms with van der Waals surface area (Å²) in [4.78, 5) is 10.8. The second kappa shape index (κ2) is 5.57. The van der Waals surface area contributed by atoms with E-state index in [1.54, 1.807) is 0 Å². The molecule has 3 aromatic rings. The molecular weight excluding hydrogens is 248 g/mol. The number of hydrogen-bond acceptors (Lipinski definition) is 2. The Hall–Kier alpha value is -2.61. The van der Waals surface area contributed by atoms with Crippen molar-refractivity contribution in [1.82, 2.24) is 0 Å². The molecule has 0 aliphatic heterocycles. The van der Waals surface area contributed by atoms with Gasteiger partial charge in [-0.1, -0.05) is 66.7 Å². The number of ether oxygens (including phenoxy) is 1. The Kier molecular flexibility index (Phi) is 3.46. The summed E-state index contributed by atoms with van der Waals surface area (Å²) in [7, 11) is 0. The van der Waals surface area contributed by atoms with E-state index in [-0.39, 0.29) is 6.10 Å². The highest BCUT2D eigenvalue weighted by Gasteiger charge is 2.15. The second-order valence-corrected chi connectivity index (χ2v) is 4.63. The van der Waals surface area contributed by atoms with Gasteiger partial charge in [-0.3, -0.25) is 4.79 Å². The fraction of sp³-hybridized carbons (Fsp3) is 0.0556. The molecule has 0 aliphatic rings. The summed E-state index contributed by atoms with van der Waals surface area (Å²) in [6.07, 6.45) is -0.363. The molecule has 0 spiro atoms. The lowest BCUT2D eigenvalue weighted by molar-refractivity contribution is -0.132. The third-order valence-electron chi connectivity index (χ3n) is 3.37. The quantitative estimate of drug-likeness (QED) is 0.662. The highest BCUT2D eigenvalue weighted by atomic mass is 16.5. The van der Waals surface area contributed by atoms with Gasteiger partial charge in [-0.15, -0.1) is 0 Å². The highest BCUT2D eigenvalue weighted by molar-refractivity contribution is 5.83. The average Bonchev–Trinajstić information content (AvgIpc) is 2.53. The van der Waals surface area contributed by atoms with Crippen molar-refractivity contribution in [2.45, 2.75) is 6.10 Å². The van der Waals surface area contributed by atoms with Gasteiger partial charge in [-0.25, -0.2) is 0 Å². The first kappa shape index (κ1) is 12.4. The molecule has 0 aromatic heterocycles. The molecule has 20 heavy (non-hydrogen) atoms. The summed E-state index contributed by atoms with van der Waals surface area (Å²) in [5.41, 5.74) is 1.94. The van der Waals surface area contributed by atoms with Crippen LogP contribution < -0.4 is 0 Å². The van der Waals surface area contributed by atoms with Crippen molar-refractivity contribution in [2.75, 3.05) is 0 Å². The van der Waals surface area contributed by atoms with Crippen LogP contribution in [-0.4, -0.2) is 6.47 Å². The first-order valence-electron chi connectivity index (χ1n) is 6.51. The third-order valence-corrected chi connectivity index (χ3v) is 3.37. The van der Waals surface area contributed by atoms with Crippen molar-refractivity contribution in [3.05, 3.63) is 83.9 Å². The lowest BCUT2D eigenvalue weighted by atomic mass is 9.98. The summed E-state index contributed by atoms with van der Waals surface area (Å²) in [5.74, 6) is 0. The molecule has 0 aliphatic carbocycles. The predicted octanol–water partition coefficient (Wildman–Crippen LogP) is 4.10. The van der Waals surface area contributed by atoms with Crippen LogP contribution in [0.3, 0.4) is 0 Å². The van der Waals surface area contributed by atoms with Crippen LogP contribution in [0.15, 0.2) is 72.8 Å². The first-order chi connectivity index (χ1) is 9.88. The molecule has 0 radical (unpaired) electrons. The van der Waals surface area contributed by atoms with Gasteiger partial charge in [0.05, 0.1) is 0 Å². The monoisotopic (exact) mass is 262 g/mol. The predicted molar refractivity (Wildman–Crippen MR) is 79.4 cm³/mol. The van der Waals surface area contributed by atoms with E-state index in [2.05, 4.69) is 24.3 Å². The van der Waals surface area contributed by atoms with E-state index < -0.39 is 0 Å². The normalized spacial score (nSPS) is 12.0. The lowest BCUT2D eigenvalue weighted by Gasteiger charge is -2.16. The van der Waals surface area contributed by atoms with Gasteiger partial charge in [-0.2, -0.15) is 0 Å². The van der Waals surface area contributed by atoms with Crippen LogP contribution in [-0.2, 0) is 9.53 Å². The molecule has 2 heteroatoms. The van der Waals surface area contributed by atoms with Crippen LogP contribution in [0, 0.1) is 0 Å². The zero-order valence-corrected chi connectivity index (χ0v) is 10.9. The van der Waals surface area contributed by atoms with Gasteiger partial charge >= 0.3 is 0 Å².